The highest BCUT2D eigenvalue weighted by Gasteiger charge is 2.71. The molecule has 4 rings (SSSR count). The van der Waals surface area contributed by atoms with Gasteiger partial charge in [0, 0.05) is 17.3 Å². The molecule has 10 atom stereocenters. The van der Waals surface area contributed by atoms with Gasteiger partial charge in [-0.2, -0.15) is 0 Å². The first kappa shape index (κ1) is 27.2. The molecule has 4 aliphatic rings. The fraction of sp³-hybridized carbons (Fsp3) is 0.889. The Balaban J connectivity index is 1.70. The number of carbonyl (C=O) groups excluding carboxylic acids is 1. The standard InChI is InChI=1S/C27H44O8/c1-22(2,32)9-8-20(30)25(5,33)19-7-11-26(34)16-12-21(31)27(35)14-18(29)17(28)13-24(27,4)15(16)6-10-23(19,26)3/h12,15,17-20,28-30,32-35H,6-11,13-14H2,1-5H3/t15-,17-,18+,19-,20+,23+,24+,25+,26-,27+/m0/s1. The van der Waals surface area contributed by atoms with Gasteiger partial charge in [0.05, 0.1) is 35.1 Å². The Morgan fingerprint density at radius 3 is 2.17 bits per heavy atom. The second kappa shape index (κ2) is 8.06. The molecule has 0 saturated heterocycles. The van der Waals surface area contributed by atoms with E-state index in [2.05, 4.69) is 0 Å². The minimum absolute atomic E-state index is 0.0437. The Morgan fingerprint density at radius 1 is 0.971 bits per heavy atom. The van der Waals surface area contributed by atoms with E-state index in [1.807, 2.05) is 6.92 Å². The van der Waals surface area contributed by atoms with E-state index < -0.39 is 63.2 Å². The van der Waals surface area contributed by atoms with Gasteiger partial charge in [-0.15, -0.1) is 0 Å². The molecule has 0 bridgehead atoms. The quantitative estimate of drug-likeness (QED) is 0.297. The molecule has 0 spiro atoms. The molecule has 0 radical (unpaired) electrons. The van der Waals surface area contributed by atoms with Crippen molar-refractivity contribution < 1.29 is 40.5 Å². The monoisotopic (exact) mass is 496 g/mol. The molecule has 4 aliphatic carbocycles. The number of rotatable bonds is 5. The molecular weight excluding hydrogens is 452 g/mol. The molecule has 8 heteroatoms. The molecular formula is C27H44O8. The van der Waals surface area contributed by atoms with Gasteiger partial charge in [-0.25, -0.2) is 0 Å². The maximum atomic E-state index is 13.3. The lowest BCUT2D eigenvalue weighted by atomic mass is 9.44. The summed E-state index contributed by atoms with van der Waals surface area (Å²) in [6.07, 6.45) is 0.0884. The molecule has 3 saturated carbocycles. The zero-order valence-electron chi connectivity index (χ0n) is 21.7. The van der Waals surface area contributed by atoms with E-state index in [0.717, 1.165) is 0 Å². The third-order valence-corrected chi connectivity index (χ3v) is 10.7. The second-order valence-corrected chi connectivity index (χ2v) is 13.3. The molecule has 0 unspecified atom stereocenters. The Kier molecular flexibility index (Phi) is 6.26. The number of ketones is 1. The van der Waals surface area contributed by atoms with Crippen molar-refractivity contribution in [2.24, 2.45) is 22.7 Å². The zero-order valence-corrected chi connectivity index (χ0v) is 21.7. The lowest BCUT2D eigenvalue weighted by molar-refractivity contribution is -0.211. The van der Waals surface area contributed by atoms with Gasteiger partial charge in [0.2, 0.25) is 0 Å². The van der Waals surface area contributed by atoms with Gasteiger partial charge in [-0.3, -0.25) is 4.79 Å². The normalized spacial score (nSPS) is 48.3. The maximum absolute atomic E-state index is 13.3. The van der Waals surface area contributed by atoms with Crippen LogP contribution in [-0.2, 0) is 4.79 Å². The summed E-state index contributed by atoms with van der Waals surface area (Å²) in [4.78, 5) is 13.3. The highest BCUT2D eigenvalue weighted by Crippen LogP contribution is 2.69. The van der Waals surface area contributed by atoms with Crippen LogP contribution in [0.25, 0.3) is 0 Å². The summed E-state index contributed by atoms with van der Waals surface area (Å²) in [7, 11) is 0. The zero-order chi connectivity index (χ0) is 26.4. The van der Waals surface area contributed by atoms with Crippen LogP contribution in [0.2, 0.25) is 0 Å². The van der Waals surface area contributed by atoms with E-state index in [0.29, 0.717) is 37.7 Å². The van der Waals surface area contributed by atoms with Gasteiger partial charge < -0.3 is 35.7 Å². The van der Waals surface area contributed by atoms with Gasteiger partial charge in [0.1, 0.15) is 5.60 Å². The summed E-state index contributed by atoms with van der Waals surface area (Å²) >= 11 is 0. The maximum Gasteiger partial charge on any atom is 0.187 e. The van der Waals surface area contributed by atoms with Crippen molar-refractivity contribution in [2.75, 3.05) is 0 Å². The lowest BCUT2D eigenvalue weighted by Gasteiger charge is -2.62. The van der Waals surface area contributed by atoms with E-state index >= 15 is 0 Å². The first-order valence-electron chi connectivity index (χ1n) is 13.0. The molecule has 0 aromatic rings. The Labute approximate surface area is 207 Å². The number of carbonyl (C=O) groups is 1. The van der Waals surface area contributed by atoms with Crippen LogP contribution in [0.15, 0.2) is 11.6 Å². The molecule has 0 amide bonds. The molecule has 0 heterocycles. The lowest BCUT2D eigenvalue weighted by Crippen LogP contribution is -2.69. The summed E-state index contributed by atoms with van der Waals surface area (Å²) in [6, 6.07) is 0. The molecule has 35 heavy (non-hydrogen) atoms. The molecule has 7 N–H and O–H groups in total. The van der Waals surface area contributed by atoms with Crippen LogP contribution in [0, 0.1) is 22.7 Å². The van der Waals surface area contributed by atoms with Crippen molar-refractivity contribution in [1.82, 2.24) is 0 Å². The highest BCUT2D eigenvalue weighted by molar-refractivity contribution is 6.00. The Hall–Kier alpha value is -0.870. The van der Waals surface area contributed by atoms with Crippen LogP contribution in [0.3, 0.4) is 0 Å². The fourth-order valence-corrected chi connectivity index (χ4v) is 8.31. The van der Waals surface area contributed by atoms with Crippen LogP contribution < -0.4 is 0 Å². The van der Waals surface area contributed by atoms with E-state index in [1.165, 1.54) is 6.08 Å². The molecule has 3 fully saturated rings. The predicted octanol–water partition coefficient (Wildman–Crippen LogP) is 0.969. The molecule has 0 aliphatic heterocycles. The number of fused-ring (bicyclic) bond motifs is 5. The van der Waals surface area contributed by atoms with Crippen molar-refractivity contribution >= 4 is 5.78 Å². The number of aliphatic hydroxyl groups excluding tert-OH is 3. The number of hydrogen-bond donors (Lipinski definition) is 7. The van der Waals surface area contributed by atoms with Crippen LogP contribution >= 0.6 is 0 Å². The van der Waals surface area contributed by atoms with Crippen LogP contribution in [0.1, 0.15) is 86.0 Å². The Morgan fingerprint density at radius 2 is 1.57 bits per heavy atom. The third kappa shape index (κ3) is 3.70. The summed E-state index contributed by atoms with van der Waals surface area (Å²) < 4.78 is 0. The molecule has 0 aromatic heterocycles. The Bertz CT molecular complexity index is 907. The van der Waals surface area contributed by atoms with Crippen molar-refractivity contribution in [3.8, 4) is 0 Å². The summed E-state index contributed by atoms with van der Waals surface area (Å²) in [5, 5.41) is 77.0. The summed E-state index contributed by atoms with van der Waals surface area (Å²) in [5.41, 5.74) is -7.07. The van der Waals surface area contributed by atoms with E-state index in [9.17, 15) is 40.5 Å². The van der Waals surface area contributed by atoms with Crippen molar-refractivity contribution in [3.63, 3.8) is 0 Å². The highest BCUT2D eigenvalue weighted by atomic mass is 16.3. The first-order valence-corrected chi connectivity index (χ1v) is 13.0. The van der Waals surface area contributed by atoms with E-state index in [1.54, 1.807) is 27.7 Å². The van der Waals surface area contributed by atoms with Crippen LogP contribution in [0.5, 0.6) is 0 Å². The van der Waals surface area contributed by atoms with Crippen LogP contribution in [-0.4, -0.2) is 82.2 Å². The van der Waals surface area contributed by atoms with Crippen molar-refractivity contribution in [3.05, 3.63) is 11.6 Å². The van der Waals surface area contributed by atoms with Gasteiger partial charge in [-0.1, -0.05) is 13.8 Å². The van der Waals surface area contributed by atoms with Gasteiger partial charge in [0.25, 0.3) is 0 Å². The first-order chi connectivity index (χ1) is 15.8. The summed E-state index contributed by atoms with van der Waals surface area (Å²) in [5.74, 6) is -1.38. The predicted molar refractivity (Wildman–Crippen MR) is 128 cm³/mol. The van der Waals surface area contributed by atoms with Crippen molar-refractivity contribution in [2.45, 2.75) is 127 Å². The number of hydrogen-bond acceptors (Lipinski definition) is 8. The van der Waals surface area contributed by atoms with Gasteiger partial charge >= 0.3 is 0 Å². The minimum atomic E-state index is -1.82. The van der Waals surface area contributed by atoms with Gasteiger partial charge in [0.15, 0.2) is 5.78 Å². The summed E-state index contributed by atoms with van der Waals surface area (Å²) in [6.45, 7) is 8.58. The topological polar surface area (TPSA) is 159 Å². The second-order valence-electron chi connectivity index (χ2n) is 13.3. The van der Waals surface area contributed by atoms with E-state index in [4.69, 9.17) is 0 Å². The molecule has 200 valence electrons. The van der Waals surface area contributed by atoms with E-state index in [-0.39, 0.29) is 25.2 Å². The number of aliphatic hydroxyl groups is 7. The largest absolute Gasteiger partial charge is 0.390 e. The van der Waals surface area contributed by atoms with Gasteiger partial charge in [-0.05, 0) is 89.2 Å². The average Bonchev–Trinajstić information content (AvgIpc) is 3.01. The van der Waals surface area contributed by atoms with Crippen LogP contribution in [0.4, 0.5) is 0 Å². The van der Waals surface area contributed by atoms with Crippen molar-refractivity contribution in [1.29, 1.82) is 0 Å². The smallest absolute Gasteiger partial charge is 0.187 e. The average molecular weight is 497 g/mol. The molecule has 0 aromatic carbocycles. The molecule has 8 nitrogen and oxygen atoms in total. The minimum Gasteiger partial charge on any atom is -0.390 e. The third-order valence-electron chi connectivity index (χ3n) is 10.7. The SMILES string of the molecule is CC(C)(O)CC[C@@H](O)[C@](C)(O)[C@H]1CC[C@]2(O)C3=CC(=O)[C@]4(O)C[C@@H](O)[C@@H](O)C[C@]4(C)[C@H]3CC[C@]12C. The fourth-order valence-electron chi connectivity index (χ4n) is 8.31.